The van der Waals surface area contributed by atoms with E-state index in [4.69, 9.17) is 9.47 Å². The number of anilines is 1. The van der Waals surface area contributed by atoms with Gasteiger partial charge in [0.1, 0.15) is 5.75 Å². The first-order chi connectivity index (χ1) is 14.3. The number of amides is 1. The molecular weight excluding hydrogens is 408 g/mol. The number of ether oxygens (including phenoxy) is 2. The Kier molecular flexibility index (Phi) is 6.31. The quantitative estimate of drug-likeness (QED) is 0.703. The molecule has 2 aromatic rings. The van der Waals surface area contributed by atoms with Crippen molar-refractivity contribution >= 4 is 27.6 Å². The second-order valence-corrected chi connectivity index (χ2v) is 8.70. The van der Waals surface area contributed by atoms with Gasteiger partial charge < -0.3 is 14.8 Å². The lowest BCUT2D eigenvalue weighted by molar-refractivity contribution is -0.127. The van der Waals surface area contributed by atoms with Gasteiger partial charge in [-0.15, -0.1) is 0 Å². The van der Waals surface area contributed by atoms with Crippen LogP contribution in [-0.4, -0.2) is 46.6 Å². The average molecular weight is 432 g/mol. The summed E-state index contributed by atoms with van der Waals surface area (Å²) in [6.07, 6.45) is -0.223. The number of hydrogen-bond donors (Lipinski definition) is 1. The third kappa shape index (κ3) is 4.11. The van der Waals surface area contributed by atoms with E-state index in [1.165, 1.54) is 29.6 Å². The molecule has 1 N–H and O–H groups in total. The number of benzene rings is 2. The van der Waals surface area contributed by atoms with Gasteiger partial charge in [-0.05, 0) is 49.2 Å². The second kappa shape index (κ2) is 8.74. The molecule has 1 unspecified atom stereocenters. The molecule has 0 fully saturated rings. The van der Waals surface area contributed by atoms with Crippen molar-refractivity contribution in [2.75, 3.05) is 24.5 Å². The van der Waals surface area contributed by atoms with E-state index >= 15 is 0 Å². The lowest BCUT2D eigenvalue weighted by Gasteiger charge is -2.35. The highest BCUT2D eigenvalue weighted by molar-refractivity contribution is 7.92. The fourth-order valence-electron chi connectivity index (χ4n) is 3.23. The number of carbonyl (C=O) groups excluding carboxylic acids is 2. The Bertz CT molecular complexity index is 1070. The molecule has 0 aromatic heterocycles. The van der Waals surface area contributed by atoms with Crippen molar-refractivity contribution in [1.82, 2.24) is 5.32 Å². The zero-order valence-corrected chi connectivity index (χ0v) is 17.9. The number of fused-ring (bicyclic) bond motifs is 1. The van der Waals surface area contributed by atoms with Crippen LogP contribution in [0, 0.1) is 6.92 Å². The third-order valence-corrected chi connectivity index (χ3v) is 6.68. The highest BCUT2D eigenvalue weighted by atomic mass is 32.2. The van der Waals surface area contributed by atoms with Crippen LogP contribution in [0.25, 0.3) is 0 Å². The van der Waals surface area contributed by atoms with E-state index in [0.717, 1.165) is 6.42 Å². The van der Waals surface area contributed by atoms with Gasteiger partial charge in [0.15, 0.2) is 6.10 Å². The molecule has 1 aliphatic heterocycles. The first-order valence-electron chi connectivity index (χ1n) is 9.54. The van der Waals surface area contributed by atoms with E-state index < -0.39 is 22.1 Å². The molecule has 0 aliphatic carbocycles. The number of nitrogens with zero attached hydrogens (tertiary/aromatic N) is 1. The second-order valence-electron chi connectivity index (χ2n) is 6.87. The number of methoxy groups -OCH3 is 1. The van der Waals surface area contributed by atoms with Crippen LogP contribution >= 0.6 is 0 Å². The Balaban J connectivity index is 2.01. The molecule has 9 heteroatoms. The maximum Gasteiger partial charge on any atom is 0.337 e. The van der Waals surface area contributed by atoms with Crippen LogP contribution in [0.5, 0.6) is 5.75 Å². The Morgan fingerprint density at radius 1 is 1.23 bits per heavy atom. The Morgan fingerprint density at radius 3 is 2.63 bits per heavy atom. The predicted molar refractivity (Wildman–Crippen MR) is 111 cm³/mol. The van der Waals surface area contributed by atoms with Crippen molar-refractivity contribution in [3.63, 3.8) is 0 Å². The van der Waals surface area contributed by atoms with Crippen LogP contribution in [0.4, 0.5) is 5.69 Å². The van der Waals surface area contributed by atoms with Crippen molar-refractivity contribution in [1.29, 1.82) is 0 Å². The summed E-state index contributed by atoms with van der Waals surface area (Å²) in [4.78, 5) is 24.3. The number of hydrogen-bond acceptors (Lipinski definition) is 6. The minimum absolute atomic E-state index is 0.0413. The fraction of sp³-hybridized carbons (Fsp3) is 0.333. The van der Waals surface area contributed by atoms with Gasteiger partial charge in [0.05, 0.1) is 29.8 Å². The smallest absolute Gasteiger partial charge is 0.337 e. The normalized spacial score (nSPS) is 15.7. The van der Waals surface area contributed by atoms with Gasteiger partial charge in [0.25, 0.3) is 15.9 Å². The summed E-state index contributed by atoms with van der Waals surface area (Å²) in [5, 5.41) is 2.75. The van der Waals surface area contributed by atoms with Crippen LogP contribution in [0.1, 0.15) is 29.3 Å². The molecule has 2 aromatic carbocycles. The Labute approximate surface area is 175 Å². The van der Waals surface area contributed by atoms with Crippen molar-refractivity contribution < 1.29 is 27.5 Å². The van der Waals surface area contributed by atoms with Crippen molar-refractivity contribution in [2.24, 2.45) is 0 Å². The zero-order valence-electron chi connectivity index (χ0n) is 17.0. The number of rotatable bonds is 6. The molecule has 0 saturated carbocycles. The maximum atomic E-state index is 13.5. The number of nitrogens with one attached hydrogen (secondary N) is 1. The molecule has 1 heterocycles. The Morgan fingerprint density at radius 2 is 1.97 bits per heavy atom. The van der Waals surface area contributed by atoms with Crippen LogP contribution in [0.2, 0.25) is 0 Å². The van der Waals surface area contributed by atoms with Gasteiger partial charge in [-0.1, -0.05) is 19.1 Å². The number of carbonyl (C=O) groups is 2. The summed E-state index contributed by atoms with van der Waals surface area (Å²) < 4.78 is 38.7. The molecule has 0 bridgehead atoms. The SMILES string of the molecule is CCCNC(=O)C1CN(S(=O)(=O)c2ccc(C(=O)OC)cc2C)c2ccccc2O1. The predicted octanol–water partition coefficient (Wildman–Crippen LogP) is 2.26. The van der Waals surface area contributed by atoms with Crippen LogP contribution in [-0.2, 0) is 19.6 Å². The lowest BCUT2D eigenvalue weighted by atomic mass is 10.1. The van der Waals surface area contributed by atoms with E-state index in [1.54, 1.807) is 31.2 Å². The van der Waals surface area contributed by atoms with E-state index in [-0.39, 0.29) is 22.9 Å². The first-order valence-corrected chi connectivity index (χ1v) is 11.0. The van der Waals surface area contributed by atoms with Gasteiger partial charge in [-0.2, -0.15) is 0 Å². The molecule has 30 heavy (non-hydrogen) atoms. The third-order valence-electron chi connectivity index (χ3n) is 4.74. The minimum atomic E-state index is -4.02. The number of para-hydroxylation sites is 2. The molecule has 1 aliphatic rings. The van der Waals surface area contributed by atoms with E-state index in [0.29, 0.717) is 23.5 Å². The monoisotopic (exact) mass is 432 g/mol. The lowest BCUT2D eigenvalue weighted by Crippen LogP contribution is -2.50. The molecule has 0 saturated heterocycles. The average Bonchev–Trinajstić information content (AvgIpc) is 2.75. The number of sulfonamides is 1. The fourth-order valence-corrected chi connectivity index (χ4v) is 4.92. The summed E-state index contributed by atoms with van der Waals surface area (Å²) in [5.41, 5.74) is 1.01. The van der Waals surface area contributed by atoms with Crippen LogP contribution < -0.4 is 14.4 Å². The van der Waals surface area contributed by atoms with Gasteiger partial charge in [-0.3, -0.25) is 9.10 Å². The molecule has 0 spiro atoms. The molecule has 1 amide bonds. The maximum absolute atomic E-state index is 13.5. The van der Waals surface area contributed by atoms with E-state index in [2.05, 4.69) is 5.32 Å². The summed E-state index contributed by atoms with van der Waals surface area (Å²) in [7, 11) is -2.76. The number of aryl methyl sites for hydroxylation is 1. The molecule has 3 rings (SSSR count). The van der Waals surface area contributed by atoms with Crippen molar-refractivity contribution in [3.05, 3.63) is 53.6 Å². The van der Waals surface area contributed by atoms with Crippen LogP contribution in [0.3, 0.4) is 0 Å². The van der Waals surface area contributed by atoms with E-state index in [9.17, 15) is 18.0 Å². The summed E-state index contributed by atoms with van der Waals surface area (Å²) in [6.45, 7) is 3.85. The summed E-state index contributed by atoms with van der Waals surface area (Å²) in [5.74, 6) is -0.608. The highest BCUT2D eigenvalue weighted by Crippen LogP contribution is 2.37. The topological polar surface area (TPSA) is 102 Å². The van der Waals surface area contributed by atoms with Gasteiger partial charge in [0, 0.05) is 6.54 Å². The van der Waals surface area contributed by atoms with Gasteiger partial charge in [-0.25, -0.2) is 13.2 Å². The Hall–Kier alpha value is -3.07. The van der Waals surface area contributed by atoms with Crippen molar-refractivity contribution in [2.45, 2.75) is 31.3 Å². The van der Waals surface area contributed by atoms with Crippen molar-refractivity contribution in [3.8, 4) is 5.75 Å². The van der Waals surface area contributed by atoms with Gasteiger partial charge >= 0.3 is 5.97 Å². The zero-order chi connectivity index (χ0) is 21.9. The summed E-state index contributed by atoms with van der Waals surface area (Å²) >= 11 is 0. The highest BCUT2D eigenvalue weighted by Gasteiger charge is 2.38. The van der Waals surface area contributed by atoms with Crippen LogP contribution in [0.15, 0.2) is 47.4 Å². The molecule has 160 valence electrons. The molecule has 8 nitrogen and oxygen atoms in total. The molecule has 0 radical (unpaired) electrons. The molecular formula is C21H24N2O6S. The molecule has 1 atom stereocenters. The number of esters is 1. The van der Waals surface area contributed by atoms with Gasteiger partial charge in [0.2, 0.25) is 0 Å². The van der Waals surface area contributed by atoms with E-state index in [1.807, 2.05) is 6.92 Å². The minimum Gasteiger partial charge on any atom is -0.476 e. The standard InChI is InChI=1S/C21H24N2O6S/c1-4-11-22-20(24)18-13-23(16-7-5-6-8-17(16)29-18)30(26,27)19-10-9-15(12-14(19)2)21(25)28-3/h5-10,12,18H,4,11,13H2,1-3H3,(H,22,24). The first kappa shape index (κ1) is 21.6. The summed E-state index contributed by atoms with van der Waals surface area (Å²) in [6, 6.07) is 10.9. The largest absolute Gasteiger partial charge is 0.476 e.